The Hall–Kier alpha value is -2.63. The summed E-state index contributed by atoms with van der Waals surface area (Å²) in [5, 5.41) is 7.43. The predicted molar refractivity (Wildman–Crippen MR) is 115 cm³/mol. The molecule has 0 radical (unpaired) electrons. The summed E-state index contributed by atoms with van der Waals surface area (Å²) in [6.45, 7) is 6.50. The molecule has 2 fully saturated rings. The second-order valence-electron chi connectivity index (χ2n) is 8.70. The topological polar surface area (TPSA) is 67.2 Å². The van der Waals surface area contributed by atoms with Gasteiger partial charge in [0, 0.05) is 37.8 Å². The molecule has 154 valence electrons. The summed E-state index contributed by atoms with van der Waals surface area (Å²) < 4.78 is 1.58. The van der Waals surface area contributed by atoms with E-state index in [1.807, 2.05) is 32.2 Å². The van der Waals surface area contributed by atoms with Crippen molar-refractivity contribution in [1.29, 1.82) is 0 Å². The van der Waals surface area contributed by atoms with E-state index in [2.05, 4.69) is 21.4 Å². The highest BCUT2D eigenvalue weighted by molar-refractivity contribution is 5.91. The Labute approximate surface area is 171 Å². The molecule has 0 spiro atoms. The van der Waals surface area contributed by atoms with E-state index in [-0.39, 0.29) is 17.4 Å². The molecule has 6 heteroatoms. The summed E-state index contributed by atoms with van der Waals surface area (Å²) in [6.07, 6.45) is 6.76. The van der Waals surface area contributed by atoms with Gasteiger partial charge in [-0.3, -0.25) is 9.59 Å². The summed E-state index contributed by atoms with van der Waals surface area (Å²) in [6, 6.07) is 7.77. The van der Waals surface area contributed by atoms with Gasteiger partial charge in [0.25, 0.3) is 5.56 Å². The van der Waals surface area contributed by atoms with Crippen LogP contribution in [0.4, 0.5) is 11.4 Å². The molecule has 1 unspecified atom stereocenters. The number of nitrogens with one attached hydrogen (secondary N) is 1. The number of anilines is 2. The van der Waals surface area contributed by atoms with Crippen molar-refractivity contribution in [2.24, 2.45) is 11.8 Å². The van der Waals surface area contributed by atoms with Crippen LogP contribution in [0.1, 0.15) is 43.2 Å². The van der Waals surface area contributed by atoms with E-state index in [0.29, 0.717) is 12.3 Å². The zero-order chi connectivity index (χ0) is 20.4. The Bertz CT molecular complexity index is 948. The van der Waals surface area contributed by atoms with Crippen LogP contribution in [0.15, 0.2) is 35.3 Å². The Morgan fingerprint density at radius 3 is 2.72 bits per heavy atom. The molecule has 2 aromatic rings. The van der Waals surface area contributed by atoms with Gasteiger partial charge in [-0.15, -0.1) is 0 Å². The van der Waals surface area contributed by atoms with E-state index in [4.69, 9.17) is 0 Å². The average molecular weight is 395 g/mol. The lowest BCUT2D eigenvalue weighted by atomic mass is 9.94. The molecule has 1 atom stereocenters. The van der Waals surface area contributed by atoms with E-state index < -0.39 is 0 Å². The first-order valence-corrected chi connectivity index (χ1v) is 10.7. The molecule has 1 amide bonds. The molecule has 29 heavy (non-hydrogen) atoms. The lowest BCUT2D eigenvalue weighted by molar-refractivity contribution is -0.117. The number of nitrogens with zero attached hydrogens (tertiary/aromatic N) is 3. The lowest BCUT2D eigenvalue weighted by Crippen LogP contribution is -2.38. The van der Waals surface area contributed by atoms with Crippen molar-refractivity contribution < 1.29 is 4.79 Å². The van der Waals surface area contributed by atoms with Crippen LogP contribution >= 0.6 is 0 Å². The standard InChI is InChI=1S/C23H30N4O2/c1-16-5-8-21(17(2)10-16)25-22(28)11-19-4-3-9-26(14-19)20-12-23(29)27(24-13-20)15-18-6-7-18/h5,8,10,12-13,18-19H,3-4,6-7,9,11,14-15H2,1-2H3,(H,25,28). The summed E-state index contributed by atoms with van der Waals surface area (Å²) in [5.41, 5.74) is 4.01. The minimum absolute atomic E-state index is 0.0240. The molecule has 1 aromatic carbocycles. The number of piperidine rings is 1. The van der Waals surface area contributed by atoms with Gasteiger partial charge < -0.3 is 10.2 Å². The van der Waals surface area contributed by atoms with Gasteiger partial charge in [-0.25, -0.2) is 4.68 Å². The molecular weight excluding hydrogens is 364 g/mol. The van der Waals surface area contributed by atoms with Crippen molar-refractivity contribution in [3.63, 3.8) is 0 Å². The fourth-order valence-corrected chi connectivity index (χ4v) is 4.16. The highest BCUT2D eigenvalue weighted by atomic mass is 16.1. The van der Waals surface area contributed by atoms with E-state index in [1.54, 1.807) is 10.7 Å². The molecule has 1 saturated carbocycles. The van der Waals surface area contributed by atoms with Gasteiger partial charge in [0.15, 0.2) is 0 Å². The van der Waals surface area contributed by atoms with Gasteiger partial charge in [-0.05, 0) is 63.0 Å². The Morgan fingerprint density at radius 2 is 2.00 bits per heavy atom. The van der Waals surface area contributed by atoms with Crippen LogP contribution in [0.5, 0.6) is 0 Å². The Balaban J connectivity index is 1.36. The van der Waals surface area contributed by atoms with Crippen molar-refractivity contribution >= 4 is 17.3 Å². The molecule has 1 aliphatic carbocycles. The monoisotopic (exact) mass is 394 g/mol. The highest BCUT2D eigenvalue weighted by Crippen LogP contribution is 2.30. The number of amides is 1. The maximum absolute atomic E-state index is 12.6. The van der Waals surface area contributed by atoms with Crippen LogP contribution in [-0.2, 0) is 11.3 Å². The molecular formula is C23H30N4O2. The van der Waals surface area contributed by atoms with Crippen LogP contribution in [-0.4, -0.2) is 28.8 Å². The van der Waals surface area contributed by atoms with Crippen LogP contribution in [0, 0.1) is 25.7 Å². The van der Waals surface area contributed by atoms with Crippen LogP contribution < -0.4 is 15.8 Å². The fourth-order valence-electron chi connectivity index (χ4n) is 4.16. The second kappa shape index (κ2) is 8.39. The Kier molecular flexibility index (Phi) is 5.69. The van der Waals surface area contributed by atoms with Gasteiger partial charge in [0.05, 0.1) is 11.9 Å². The molecule has 4 rings (SSSR count). The van der Waals surface area contributed by atoms with Gasteiger partial charge in [0.1, 0.15) is 0 Å². The van der Waals surface area contributed by atoms with Gasteiger partial charge >= 0.3 is 0 Å². The van der Waals surface area contributed by atoms with Crippen LogP contribution in [0.25, 0.3) is 0 Å². The number of carbonyl (C=O) groups excluding carboxylic acids is 1. The maximum Gasteiger partial charge on any atom is 0.268 e. The van der Waals surface area contributed by atoms with E-state index in [9.17, 15) is 9.59 Å². The van der Waals surface area contributed by atoms with Gasteiger partial charge in [-0.1, -0.05) is 17.7 Å². The predicted octanol–water partition coefficient (Wildman–Crippen LogP) is 3.52. The number of aryl methyl sites for hydroxylation is 2. The molecule has 0 bridgehead atoms. The van der Waals surface area contributed by atoms with Gasteiger partial charge in [-0.2, -0.15) is 5.10 Å². The van der Waals surface area contributed by atoms with E-state index in [1.165, 1.54) is 18.4 Å². The zero-order valence-electron chi connectivity index (χ0n) is 17.4. The normalized spacial score (nSPS) is 19.2. The summed E-state index contributed by atoms with van der Waals surface area (Å²) in [5.74, 6) is 0.964. The first-order valence-electron chi connectivity index (χ1n) is 10.7. The van der Waals surface area contributed by atoms with Crippen LogP contribution in [0.2, 0.25) is 0 Å². The summed E-state index contributed by atoms with van der Waals surface area (Å²) in [4.78, 5) is 27.1. The third kappa shape index (κ3) is 5.05. The van der Waals surface area contributed by atoms with Crippen molar-refractivity contribution in [3.05, 3.63) is 51.9 Å². The minimum atomic E-state index is -0.0240. The number of hydrogen-bond acceptors (Lipinski definition) is 4. The molecule has 1 saturated heterocycles. The zero-order valence-corrected chi connectivity index (χ0v) is 17.4. The van der Waals surface area contributed by atoms with Crippen molar-refractivity contribution in [2.75, 3.05) is 23.3 Å². The number of rotatable bonds is 6. The second-order valence-corrected chi connectivity index (χ2v) is 8.70. The molecule has 2 aliphatic rings. The highest BCUT2D eigenvalue weighted by Gasteiger charge is 2.25. The summed E-state index contributed by atoms with van der Waals surface area (Å²) >= 11 is 0. The average Bonchev–Trinajstić information content (AvgIpc) is 3.50. The smallest absolute Gasteiger partial charge is 0.268 e. The fraction of sp³-hybridized carbons (Fsp3) is 0.522. The van der Waals surface area contributed by atoms with Crippen LogP contribution in [0.3, 0.4) is 0 Å². The Morgan fingerprint density at radius 1 is 1.17 bits per heavy atom. The molecule has 6 nitrogen and oxygen atoms in total. The number of benzene rings is 1. The summed E-state index contributed by atoms with van der Waals surface area (Å²) in [7, 11) is 0. The van der Waals surface area contributed by atoms with Crippen molar-refractivity contribution in [3.8, 4) is 0 Å². The SMILES string of the molecule is Cc1ccc(NC(=O)CC2CCCN(c3cnn(CC4CC4)c(=O)c3)C2)c(C)c1. The number of carbonyl (C=O) groups is 1. The van der Waals surface area contributed by atoms with Crippen molar-refractivity contribution in [1.82, 2.24) is 9.78 Å². The minimum Gasteiger partial charge on any atom is -0.370 e. The molecule has 1 N–H and O–H groups in total. The molecule has 2 heterocycles. The first-order chi connectivity index (χ1) is 14.0. The first kappa shape index (κ1) is 19.7. The maximum atomic E-state index is 12.6. The van der Waals surface area contributed by atoms with Gasteiger partial charge in [0.2, 0.25) is 5.91 Å². The largest absolute Gasteiger partial charge is 0.370 e. The lowest BCUT2D eigenvalue weighted by Gasteiger charge is -2.34. The number of hydrogen-bond donors (Lipinski definition) is 1. The third-order valence-electron chi connectivity index (χ3n) is 6.00. The number of aromatic nitrogens is 2. The third-order valence-corrected chi connectivity index (χ3v) is 6.00. The molecule has 1 aliphatic heterocycles. The quantitative estimate of drug-likeness (QED) is 0.814. The van der Waals surface area contributed by atoms with E-state index in [0.717, 1.165) is 49.4 Å². The van der Waals surface area contributed by atoms with Crippen molar-refractivity contribution in [2.45, 2.75) is 52.5 Å². The molecule has 1 aromatic heterocycles. The van der Waals surface area contributed by atoms with E-state index >= 15 is 0 Å².